The third kappa shape index (κ3) is 4.24. The summed E-state index contributed by atoms with van der Waals surface area (Å²) in [6.45, 7) is 5.71. The number of ether oxygens (including phenoxy) is 1. The minimum absolute atomic E-state index is 0.0456. The van der Waals surface area contributed by atoms with Crippen LogP contribution in [0.4, 0.5) is 5.69 Å². The van der Waals surface area contributed by atoms with Crippen molar-refractivity contribution in [3.8, 4) is 5.75 Å². The summed E-state index contributed by atoms with van der Waals surface area (Å²) in [6.07, 6.45) is 0. The van der Waals surface area contributed by atoms with Crippen LogP contribution in [0.2, 0.25) is 5.02 Å². The monoisotopic (exact) mass is 381 g/mol. The Morgan fingerprint density at radius 3 is 2.36 bits per heavy atom. The molecule has 0 heterocycles. The SMILES string of the molecule is Cc1cc(Br)ccc1NC(=O)COc1cc(C)c(Cl)c(C)c1. The number of carbonyl (C=O) groups is 1. The molecule has 0 spiro atoms. The van der Waals surface area contributed by atoms with Crippen molar-refractivity contribution in [2.45, 2.75) is 20.8 Å². The van der Waals surface area contributed by atoms with Crippen LogP contribution in [0.15, 0.2) is 34.8 Å². The van der Waals surface area contributed by atoms with Gasteiger partial charge in [0.2, 0.25) is 0 Å². The maximum absolute atomic E-state index is 12.0. The molecule has 5 heteroatoms. The first kappa shape index (κ1) is 16.8. The highest BCUT2D eigenvalue weighted by molar-refractivity contribution is 9.10. The van der Waals surface area contributed by atoms with Gasteiger partial charge in [-0.05, 0) is 67.8 Å². The summed E-state index contributed by atoms with van der Waals surface area (Å²) in [5.74, 6) is 0.442. The lowest BCUT2D eigenvalue weighted by molar-refractivity contribution is -0.118. The van der Waals surface area contributed by atoms with Crippen LogP contribution < -0.4 is 10.1 Å². The molecule has 0 atom stereocenters. The van der Waals surface area contributed by atoms with Crippen LogP contribution in [0.25, 0.3) is 0 Å². The van der Waals surface area contributed by atoms with Crippen molar-refractivity contribution in [1.29, 1.82) is 0 Å². The van der Waals surface area contributed by atoms with Gasteiger partial charge in [0.05, 0.1) is 0 Å². The number of anilines is 1. The van der Waals surface area contributed by atoms with Gasteiger partial charge in [0.15, 0.2) is 6.61 Å². The molecule has 0 saturated heterocycles. The van der Waals surface area contributed by atoms with Gasteiger partial charge in [0.1, 0.15) is 5.75 Å². The van der Waals surface area contributed by atoms with Crippen molar-refractivity contribution < 1.29 is 9.53 Å². The highest BCUT2D eigenvalue weighted by Crippen LogP contribution is 2.26. The van der Waals surface area contributed by atoms with Crippen LogP contribution in [-0.4, -0.2) is 12.5 Å². The molecule has 3 nitrogen and oxygen atoms in total. The van der Waals surface area contributed by atoms with Gasteiger partial charge in [-0.15, -0.1) is 0 Å². The first-order valence-corrected chi connectivity index (χ1v) is 7.99. The minimum Gasteiger partial charge on any atom is -0.484 e. The zero-order chi connectivity index (χ0) is 16.3. The van der Waals surface area contributed by atoms with Gasteiger partial charge in [0.25, 0.3) is 5.91 Å². The average molecular weight is 383 g/mol. The third-order valence-electron chi connectivity index (χ3n) is 3.24. The standard InChI is InChI=1S/C17H17BrClNO2/c1-10-6-13(18)4-5-15(10)20-16(21)9-22-14-7-11(2)17(19)12(3)8-14/h4-8H,9H2,1-3H3,(H,20,21). The molecule has 0 aliphatic heterocycles. The lowest BCUT2D eigenvalue weighted by Gasteiger charge is -2.11. The molecule has 2 rings (SSSR count). The molecule has 0 bridgehead atoms. The number of carbonyl (C=O) groups excluding carboxylic acids is 1. The van der Waals surface area contributed by atoms with E-state index in [2.05, 4.69) is 21.2 Å². The van der Waals surface area contributed by atoms with Gasteiger partial charge in [0, 0.05) is 15.2 Å². The summed E-state index contributed by atoms with van der Waals surface area (Å²) in [5, 5.41) is 3.56. The molecular formula is C17H17BrClNO2. The first-order chi connectivity index (χ1) is 10.4. The Labute approximate surface area is 143 Å². The maximum Gasteiger partial charge on any atom is 0.262 e. The predicted octanol–water partition coefficient (Wildman–Crippen LogP) is 5.05. The zero-order valence-corrected chi connectivity index (χ0v) is 15.0. The number of hydrogen-bond acceptors (Lipinski definition) is 2. The molecule has 22 heavy (non-hydrogen) atoms. The van der Waals surface area contributed by atoms with Crippen LogP contribution in [-0.2, 0) is 4.79 Å². The summed E-state index contributed by atoms with van der Waals surface area (Å²) < 4.78 is 6.52. The van der Waals surface area contributed by atoms with Gasteiger partial charge in [-0.2, -0.15) is 0 Å². The highest BCUT2D eigenvalue weighted by Gasteiger charge is 2.08. The van der Waals surface area contributed by atoms with Gasteiger partial charge < -0.3 is 10.1 Å². The highest BCUT2D eigenvalue weighted by atomic mass is 79.9. The number of amides is 1. The first-order valence-electron chi connectivity index (χ1n) is 6.82. The smallest absolute Gasteiger partial charge is 0.262 e. The molecule has 0 unspecified atom stereocenters. The topological polar surface area (TPSA) is 38.3 Å². The molecule has 0 aliphatic carbocycles. The molecular weight excluding hydrogens is 366 g/mol. The van der Waals surface area contributed by atoms with Crippen molar-refractivity contribution in [2.75, 3.05) is 11.9 Å². The average Bonchev–Trinajstić information content (AvgIpc) is 2.45. The van der Waals surface area contributed by atoms with E-state index in [1.165, 1.54) is 0 Å². The van der Waals surface area contributed by atoms with E-state index in [9.17, 15) is 4.79 Å². The van der Waals surface area contributed by atoms with Crippen LogP contribution in [0.1, 0.15) is 16.7 Å². The zero-order valence-electron chi connectivity index (χ0n) is 12.7. The van der Waals surface area contributed by atoms with Crippen molar-refractivity contribution in [3.63, 3.8) is 0 Å². The van der Waals surface area contributed by atoms with E-state index in [0.29, 0.717) is 5.75 Å². The second kappa shape index (κ2) is 7.16. The van der Waals surface area contributed by atoms with Crippen LogP contribution in [0.5, 0.6) is 5.75 Å². The largest absolute Gasteiger partial charge is 0.484 e. The summed E-state index contributed by atoms with van der Waals surface area (Å²) in [6, 6.07) is 9.34. The second-order valence-electron chi connectivity index (χ2n) is 5.17. The van der Waals surface area contributed by atoms with E-state index in [1.807, 2.05) is 51.1 Å². The molecule has 2 aromatic rings. The summed E-state index contributed by atoms with van der Waals surface area (Å²) in [5.41, 5.74) is 3.63. The number of hydrogen-bond donors (Lipinski definition) is 1. The van der Waals surface area contributed by atoms with E-state index in [-0.39, 0.29) is 12.5 Å². The van der Waals surface area contributed by atoms with Gasteiger partial charge in [-0.1, -0.05) is 27.5 Å². The minimum atomic E-state index is -0.198. The molecule has 0 aliphatic rings. The summed E-state index contributed by atoms with van der Waals surface area (Å²) in [4.78, 5) is 12.0. The Balaban J connectivity index is 1.98. The molecule has 0 fully saturated rings. The number of benzene rings is 2. The van der Waals surface area contributed by atoms with Crippen molar-refractivity contribution >= 4 is 39.1 Å². The Bertz CT molecular complexity index is 693. The second-order valence-corrected chi connectivity index (χ2v) is 6.46. The molecule has 0 radical (unpaired) electrons. The third-order valence-corrected chi connectivity index (χ3v) is 4.33. The van der Waals surface area contributed by atoms with Gasteiger partial charge in [-0.25, -0.2) is 0 Å². The van der Waals surface area contributed by atoms with Crippen LogP contribution in [0, 0.1) is 20.8 Å². The fourth-order valence-electron chi connectivity index (χ4n) is 2.09. The molecule has 0 aromatic heterocycles. The quantitative estimate of drug-likeness (QED) is 0.804. The summed E-state index contributed by atoms with van der Waals surface area (Å²) in [7, 11) is 0. The van der Waals surface area contributed by atoms with Crippen molar-refractivity contribution in [1.82, 2.24) is 0 Å². The van der Waals surface area contributed by atoms with Crippen molar-refractivity contribution in [2.24, 2.45) is 0 Å². The predicted molar refractivity (Wildman–Crippen MR) is 93.9 cm³/mol. The maximum atomic E-state index is 12.0. The normalized spacial score (nSPS) is 10.4. The fourth-order valence-corrected chi connectivity index (χ4v) is 2.68. The molecule has 0 saturated carbocycles. The van der Waals surface area contributed by atoms with E-state index in [1.54, 1.807) is 0 Å². The number of aryl methyl sites for hydroxylation is 3. The lowest BCUT2D eigenvalue weighted by atomic mass is 10.1. The fraction of sp³-hybridized carbons (Fsp3) is 0.235. The summed E-state index contributed by atoms with van der Waals surface area (Å²) >= 11 is 9.51. The molecule has 2 aromatic carbocycles. The lowest BCUT2D eigenvalue weighted by Crippen LogP contribution is -2.20. The van der Waals surface area contributed by atoms with E-state index >= 15 is 0 Å². The van der Waals surface area contributed by atoms with E-state index in [0.717, 1.165) is 31.9 Å². The Hall–Kier alpha value is -1.52. The Morgan fingerprint density at radius 2 is 1.77 bits per heavy atom. The number of halogens is 2. The van der Waals surface area contributed by atoms with Crippen LogP contribution in [0.3, 0.4) is 0 Å². The Kier molecular flexibility index (Phi) is 5.48. The van der Waals surface area contributed by atoms with Crippen LogP contribution >= 0.6 is 27.5 Å². The molecule has 1 N–H and O–H groups in total. The van der Waals surface area contributed by atoms with E-state index < -0.39 is 0 Å². The Morgan fingerprint density at radius 1 is 1.14 bits per heavy atom. The van der Waals surface area contributed by atoms with Gasteiger partial charge in [-0.3, -0.25) is 4.79 Å². The molecule has 1 amide bonds. The molecule has 116 valence electrons. The van der Waals surface area contributed by atoms with E-state index in [4.69, 9.17) is 16.3 Å². The van der Waals surface area contributed by atoms with Crippen molar-refractivity contribution in [3.05, 3.63) is 56.5 Å². The number of nitrogens with one attached hydrogen (secondary N) is 1. The number of rotatable bonds is 4. The van der Waals surface area contributed by atoms with Gasteiger partial charge >= 0.3 is 0 Å².